The lowest BCUT2D eigenvalue weighted by atomic mass is 10.1. The number of carbonyl (C=O) groups is 1. The highest BCUT2D eigenvalue weighted by Crippen LogP contribution is 2.31. The van der Waals surface area contributed by atoms with E-state index in [0.29, 0.717) is 27.9 Å². The minimum Gasteiger partial charge on any atom is -0.436 e. The monoisotopic (exact) mass is 380 g/mol. The van der Waals surface area contributed by atoms with Crippen molar-refractivity contribution in [1.29, 1.82) is 0 Å². The van der Waals surface area contributed by atoms with Crippen LogP contribution in [0.1, 0.15) is 15.9 Å². The van der Waals surface area contributed by atoms with Gasteiger partial charge in [-0.15, -0.1) is 0 Å². The molecular formula is C21H14ClFN2O2. The lowest BCUT2D eigenvalue weighted by molar-refractivity contribution is 0.102. The zero-order valence-corrected chi connectivity index (χ0v) is 15.0. The van der Waals surface area contributed by atoms with Crippen LogP contribution in [0.5, 0.6) is 0 Å². The summed E-state index contributed by atoms with van der Waals surface area (Å²) in [6.45, 7) is 1.93. The molecule has 0 saturated carbocycles. The van der Waals surface area contributed by atoms with Gasteiger partial charge in [0.1, 0.15) is 11.3 Å². The molecule has 4 nitrogen and oxygen atoms in total. The number of fused-ring (bicyclic) bond motifs is 1. The van der Waals surface area contributed by atoms with E-state index in [9.17, 15) is 9.18 Å². The number of amides is 1. The molecule has 0 aliphatic carbocycles. The fraction of sp³-hybridized carbons (Fsp3) is 0.0476. The van der Waals surface area contributed by atoms with Crippen LogP contribution in [0.3, 0.4) is 0 Å². The van der Waals surface area contributed by atoms with E-state index in [2.05, 4.69) is 10.3 Å². The number of hydrogen-bond donors (Lipinski definition) is 1. The van der Waals surface area contributed by atoms with Crippen LogP contribution in [0, 0.1) is 12.7 Å². The van der Waals surface area contributed by atoms with Crippen molar-refractivity contribution in [2.75, 3.05) is 5.32 Å². The second-order valence-electron chi connectivity index (χ2n) is 6.15. The second kappa shape index (κ2) is 6.85. The Morgan fingerprint density at radius 1 is 1.11 bits per heavy atom. The van der Waals surface area contributed by atoms with Crippen molar-refractivity contribution >= 4 is 34.3 Å². The van der Waals surface area contributed by atoms with E-state index in [1.165, 1.54) is 18.2 Å². The number of aromatic nitrogens is 1. The fourth-order valence-corrected chi connectivity index (χ4v) is 3.02. The fourth-order valence-electron chi connectivity index (χ4n) is 2.77. The first-order chi connectivity index (χ1) is 13.0. The molecule has 1 N–H and O–H groups in total. The maximum atomic E-state index is 13.2. The molecule has 0 atom stereocenters. The number of rotatable bonds is 3. The van der Waals surface area contributed by atoms with E-state index in [-0.39, 0.29) is 16.8 Å². The number of carbonyl (C=O) groups excluding carboxylic acids is 1. The number of nitrogens with zero attached hydrogens (tertiary/aromatic N) is 1. The molecule has 6 heteroatoms. The molecule has 134 valence electrons. The van der Waals surface area contributed by atoms with E-state index in [0.717, 1.165) is 5.56 Å². The van der Waals surface area contributed by atoms with Crippen molar-refractivity contribution < 1.29 is 13.6 Å². The summed E-state index contributed by atoms with van der Waals surface area (Å²) in [5, 5.41) is 3.07. The minimum atomic E-state index is -0.430. The number of halogens is 2. The first-order valence-electron chi connectivity index (χ1n) is 8.23. The van der Waals surface area contributed by atoms with Gasteiger partial charge in [0.05, 0.1) is 10.6 Å². The summed E-state index contributed by atoms with van der Waals surface area (Å²) in [5.74, 6) is -0.346. The van der Waals surface area contributed by atoms with Gasteiger partial charge in [-0.3, -0.25) is 4.79 Å². The molecule has 0 aliphatic rings. The summed E-state index contributed by atoms with van der Waals surface area (Å²) in [6.07, 6.45) is 0. The lowest BCUT2D eigenvalue weighted by Crippen LogP contribution is -2.11. The molecule has 0 bridgehead atoms. The largest absolute Gasteiger partial charge is 0.436 e. The Labute approximate surface area is 159 Å². The number of aryl methyl sites for hydroxylation is 1. The average Bonchev–Trinajstić information content (AvgIpc) is 3.04. The minimum absolute atomic E-state index is 0.205. The van der Waals surface area contributed by atoms with Crippen molar-refractivity contribution in [3.05, 3.63) is 82.6 Å². The van der Waals surface area contributed by atoms with Crippen LogP contribution in [-0.2, 0) is 0 Å². The Kier molecular flexibility index (Phi) is 4.38. The number of hydrogen-bond acceptors (Lipinski definition) is 3. The Morgan fingerprint density at radius 2 is 1.96 bits per heavy atom. The van der Waals surface area contributed by atoms with Crippen LogP contribution in [-0.4, -0.2) is 10.9 Å². The molecule has 0 saturated heterocycles. The Morgan fingerprint density at radius 3 is 2.74 bits per heavy atom. The second-order valence-corrected chi connectivity index (χ2v) is 6.56. The van der Waals surface area contributed by atoms with Gasteiger partial charge >= 0.3 is 0 Å². The van der Waals surface area contributed by atoms with Crippen LogP contribution in [0.2, 0.25) is 5.02 Å². The molecule has 1 heterocycles. The maximum Gasteiger partial charge on any atom is 0.255 e. The van der Waals surface area contributed by atoms with Gasteiger partial charge in [-0.05, 0) is 55.5 Å². The van der Waals surface area contributed by atoms with Crippen LogP contribution >= 0.6 is 11.6 Å². The summed E-state index contributed by atoms with van der Waals surface area (Å²) in [6, 6.07) is 16.5. The van der Waals surface area contributed by atoms with Crippen LogP contribution < -0.4 is 5.32 Å². The van der Waals surface area contributed by atoms with Crippen molar-refractivity contribution in [2.45, 2.75) is 6.92 Å². The molecule has 4 rings (SSSR count). The standard InChI is InChI=1S/C21H14ClFN2O2/c1-12-3-2-4-13(9-12)20(26)24-15-6-8-19-18(11-15)25-21(27-19)16-7-5-14(23)10-17(16)22/h2-11H,1H3,(H,24,26). The summed E-state index contributed by atoms with van der Waals surface area (Å²) in [7, 11) is 0. The van der Waals surface area contributed by atoms with Crippen molar-refractivity contribution in [1.82, 2.24) is 4.98 Å². The van der Waals surface area contributed by atoms with Gasteiger partial charge < -0.3 is 9.73 Å². The molecule has 4 aromatic rings. The number of benzene rings is 3. The van der Waals surface area contributed by atoms with Gasteiger partial charge in [-0.25, -0.2) is 9.37 Å². The Bertz CT molecular complexity index is 1170. The third-order valence-corrected chi connectivity index (χ3v) is 4.40. The molecule has 1 amide bonds. The molecule has 3 aromatic carbocycles. The van der Waals surface area contributed by atoms with E-state index in [1.807, 2.05) is 25.1 Å². The zero-order chi connectivity index (χ0) is 19.0. The van der Waals surface area contributed by atoms with E-state index >= 15 is 0 Å². The quantitative estimate of drug-likeness (QED) is 0.485. The molecule has 27 heavy (non-hydrogen) atoms. The lowest BCUT2D eigenvalue weighted by Gasteiger charge is -2.05. The summed E-state index contributed by atoms with van der Waals surface area (Å²) < 4.78 is 18.9. The molecule has 0 fully saturated rings. The molecule has 0 radical (unpaired) electrons. The zero-order valence-electron chi connectivity index (χ0n) is 14.3. The van der Waals surface area contributed by atoms with Crippen LogP contribution in [0.4, 0.5) is 10.1 Å². The first-order valence-corrected chi connectivity index (χ1v) is 8.61. The summed E-state index contributed by atoms with van der Waals surface area (Å²) in [5.41, 5.74) is 3.79. The van der Waals surface area contributed by atoms with Gasteiger partial charge in [0.2, 0.25) is 5.89 Å². The van der Waals surface area contributed by atoms with E-state index in [4.69, 9.17) is 16.0 Å². The van der Waals surface area contributed by atoms with E-state index in [1.54, 1.807) is 24.3 Å². The smallest absolute Gasteiger partial charge is 0.255 e. The average molecular weight is 381 g/mol. The van der Waals surface area contributed by atoms with Crippen molar-refractivity contribution in [3.63, 3.8) is 0 Å². The van der Waals surface area contributed by atoms with Crippen molar-refractivity contribution in [3.8, 4) is 11.5 Å². The van der Waals surface area contributed by atoms with Gasteiger partial charge in [0, 0.05) is 11.3 Å². The van der Waals surface area contributed by atoms with E-state index < -0.39 is 5.82 Å². The SMILES string of the molecule is Cc1cccc(C(=O)Nc2ccc3oc(-c4ccc(F)cc4Cl)nc3c2)c1. The molecule has 0 spiro atoms. The third kappa shape index (κ3) is 3.55. The summed E-state index contributed by atoms with van der Waals surface area (Å²) >= 11 is 6.08. The molecule has 1 aromatic heterocycles. The molecule has 0 unspecified atom stereocenters. The normalized spacial score (nSPS) is 10.9. The predicted molar refractivity (Wildman–Crippen MR) is 104 cm³/mol. The highest BCUT2D eigenvalue weighted by atomic mass is 35.5. The topological polar surface area (TPSA) is 55.1 Å². The molecule has 0 aliphatic heterocycles. The first kappa shape index (κ1) is 17.2. The van der Waals surface area contributed by atoms with Gasteiger partial charge in [0.15, 0.2) is 5.58 Å². The number of anilines is 1. The van der Waals surface area contributed by atoms with Gasteiger partial charge in [-0.2, -0.15) is 0 Å². The van der Waals surface area contributed by atoms with Crippen molar-refractivity contribution in [2.24, 2.45) is 0 Å². The highest BCUT2D eigenvalue weighted by Gasteiger charge is 2.13. The van der Waals surface area contributed by atoms with Gasteiger partial charge in [0.25, 0.3) is 5.91 Å². The van der Waals surface area contributed by atoms with Crippen LogP contribution in [0.15, 0.2) is 65.1 Å². The third-order valence-electron chi connectivity index (χ3n) is 4.09. The molecular weight excluding hydrogens is 367 g/mol. The highest BCUT2D eigenvalue weighted by molar-refractivity contribution is 6.33. The number of nitrogens with one attached hydrogen (secondary N) is 1. The summed E-state index contributed by atoms with van der Waals surface area (Å²) in [4.78, 5) is 16.8. The van der Waals surface area contributed by atoms with Crippen LogP contribution in [0.25, 0.3) is 22.6 Å². The Hall–Kier alpha value is -3.18. The maximum absolute atomic E-state index is 13.2. The number of oxazole rings is 1. The van der Waals surface area contributed by atoms with Gasteiger partial charge in [-0.1, -0.05) is 29.3 Å². The predicted octanol–water partition coefficient (Wildman–Crippen LogP) is 5.85. The Balaban J connectivity index is 1.64.